The number of carbonyl (C=O) groups is 4. The van der Waals surface area contributed by atoms with Crippen LogP contribution in [0.5, 0.6) is 0 Å². The average molecular weight is 391 g/mol. The Balaban J connectivity index is 1.55. The van der Waals surface area contributed by atoms with E-state index in [1.54, 1.807) is 6.92 Å². The van der Waals surface area contributed by atoms with Crippen molar-refractivity contribution in [1.29, 1.82) is 0 Å². The quantitative estimate of drug-likeness (QED) is 0.589. The van der Waals surface area contributed by atoms with Crippen LogP contribution in [0.15, 0.2) is 18.2 Å². The Hall–Kier alpha value is -2.97. The van der Waals surface area contributed by atoms with Crippen molar-refractivity contribution in [2.75, 3.05) is 11.9 Å². The Morgan fingerprint density at radius 1 is 1.32 bits per heavy atom. The number of benzene rings is 1. The minimum absolute atomic E-state index is 0.230. The molecule has 1 aromatic rings. The van der Waals surface area contributed by atoms with Gasteiger partial charge in [0.25, 0.3) is 11.8 Å². The number of carbonyl (C=O) groups excluding carboxylic acids is 4. The number of ether oxygens (including phenoxy) is 1. The minimum Gasteiger partial charge on any atom is -0.451 e. The molecule has 1 atom stereocenters. The summed E-state index contributed by atoms with van der Waals surface area (Å²) in [4.78, 5) is 49.7. The van der Waals surface area contributed by atoms with Gasteiger partial charge in [-0.1, -0.05) is 18.9 Å². The number of anilines is 1. The van der Waals surface area contributed by atoms with Crippen LogP contribution in [0.3, 0.4) is 0 Å². The van der Waals surface area contributed by atoms with E-state index in [1.807, 2.05) is 0 Å². The summed E-state index contributed by atoms with van der Waals surface area (Å²) in [5, 5.41) is 5.12. The lowest BCUT2D eigenvalue weighted by atomic mass is 9.98. The molecule has 0 bridgehead atoms. The second-order valence-corrected chi connectivity index (χ2v) is 7.20. The first-order valence-corrected chi connectivity index (χ1v) is 9.12. The average Bonchev–Trinajstić information content (AvgIpc) is 3.19. The molecule has 1 heterocycles. The van der Waals surface area contributed by atoms with Crippen LogP contribution in [0.25, 0.3) is 0 Å². The molecular formula is C19H22FN3O5. The molecule has 2 aliphatic rings. The molecule has 8 nitrogen and oxygen atoms in total. The van der Waals surface area contributed by atoms with Gasteiger partial charge in [-0.05, 0) is 44.4 Å². The van der Waals surface area contributed by atoms with E-state index in [1.165, 1.54) is 19.1 Å². The van der Waals surface area contributed by atoms with Crippen LogP contribution in [-0.4, -0.2) is 46.9 Å². The normalized spacial score (nSPS) is 18.9. The fourth-order valence-electron chi connectivity index (χ4n) is 3.47. The van der Waals surface area contributed by atoms with Gasteiger partial charge in [-0.2, -0.15) is 0 Å². The third kappa shape index (κ3) is 3.83. The molecule has 28 heavy (non-hydrogen) atoms. The summed E-state index contributed by atoms with van der Waals surface area (Å²) in [5.41, 5.74) is -0.241. The maximum Gasteiger partial charge on any atom is 0.327 e. The molecule has 1 spiro atoms. The van der Waals surface area contributed by atoms with E-state index in [0.29, 0.717) is 18.4 Å². The number of nitrogens with zero attached hydrogens (tertiary/aromatic N) is 1. The van der Waals surface area contributed by atoms with Gasteiger partial charge in [0, 0.05) is 5.69 Å². The van der Waals surface area contributed by atoms with Gasteiger partial charge in [0.1, 0.15) is 17.9 Å². The Bertz CT molecular complexity index is 835. The van der Waals surface area contributed by atoms with Crippen molar-refractivity contribution in [2.24, 2.45) is 0 Å². The van der Waals surface area contributed by atoms with E-state index in [4.69, 9.17) is 4.74 Å². The number of halogens is 1. The summed E-state index contributed by atoms with van der Waals surface area (Å²) in [6, 6.07) is 3.57. The molecule has 1 aliphatic heterocycles. The van der Waals surface area contributed by atoms with Gasteiger partial charge < -0.3 is 15.4 Å². The van der Waals surface area contributed by atoms with Crippen LogP contribution in [0.1, 0.15) is 38.2 Å². The predicted molar refractivity (Wildman–Crippen MR) is 96.8 cm³/mol. The molecular weight excluding hydrogens is 369 g/mol. The zero-order valence-electron chi connectivity index (χ0n) is 15.7. The van der Waals surface area contributed by atoms with Gasteiger partial charge in [0.05, 0.1) is 0 Å². The lowest BCUT2D eigenvalue weighted by molar-refractivity contribution is -0.155. The fourth-order valence-corrected chi connectivity index (χ4v) is 3.47. The zero-order valence-corrected chi connectivity index (χ0v) is 15.7. The number of rotatable bonds is 5. The zero-order chi connectivity index (χ0) is 20.5. The van der Waals surface area contributed by atoms with E-state index >= 15 is 0 Å². The molecule has 1 saturated heterocycles. The first-order chi connectivity index (χ1) is 13.2. The Morgan fingerprint density at radius 2 is 2.00 bits per heavy atom. The number of urea groups is 1. The summed E-state index contributed by atoms with van der Waals surface area (Å²) >= 11 is 0. The number of hydrogen-bond acceptors (Lipinski definition) is 5. The van der Waals surface area contributed by atoms with Crippen molar-refractivity contribution in [1.82, 2.24) is 10.2 Å². The summed E-state index contributed by atoms with van der Waals surface area (Å²) in [6.07, 6.45) is 1.59. The maximum absolute atomic E-state index is 13.6. The van der Waals surface area contributed by atoms with E-state index in [2.05, 4.69) is 10.6 Å². The van der Waals surface area contributed by atoms with Gasteiger partial charge in [-0.3, -0.25) is 19.3 Å². The first kappa shape index (κ1) is 19.8. The number of imide groups is 1. The van der Waals surface area contributed by atoms with E-state index < -0.39 is 47.8 Å². The molecule has 0 unspecified atom stereocenters. The number of aryl methyl sites for hydroxylation is 1. The standard InChI is InChI=1S/C19H22FN3O5/c1-11-5-6-13(9-14(11)20)21-16(25)12(2)28-15(24)10-23-17(26)19(22-18(23)27)7-3-4-8-19/h5-6,9,12H,3-4,7-8,10H2,1-2H3,(H,21,25)(H,22,27)/t12-/m0/s1. The molecule has 2 N–H and O–H groups in total. The second kappa shape index (κ2) is 7.57. The van der Waals surface area contributed by atoms with Gasteiger partial charge in [0.15, 0.2) is 6.10 Å². The lowest BCUT2D eigenvalue weighted by Crippen LogP contribution is -2.44. The van der Waals surface area contributed by atoms with Crippen LogP contribution in [0.4, 0.5) is 14.9 Å². The van der Waals surface area contributed by atoms with Crippen molar-refractivity contribution in [3.8, 4) is 0 Å². The Kier molecular flexibility index (Phi) is 5.35. The van der Waals surface area contributed by atoms with Gasteiger partial charge >= 0.3 is 12.0 Å². The van der Waals surface area contributed by atoms with E-state index in [0.717, 1.165) is 23.8 Å². The number of nitrogens with one attached hydrogen (secondary N) is 2. The molecule has 9 heteroatoms. The van der Waals surface area contributed by atoms with Crippen LogP contribution in [-0.2, 0) is 19.1 Å². The number of amides is 4. The topological polar surface area (TPSA) is 105 Å². The molecule has 1 aliphatic carbocycles. The molecule has 2 fully saturated rings. The van der Waals surface area contributed by atoms with Crippen molar-refractivity contribution in [2.45, 2.75) is 51.2 Å². The molecule has 1 aromatic carbocycles. The summed E-state index contributed by atoms with van der Waals surface area (Å²) in [7, 11) is 0. The van der Waals surface area contributed by atoms with Crippen molar-refractivity contribution in [3.63, 3.8) is 0 Å². The summed E-state index contributed by atoms with van der Waals surface area (Å²) in [6.45, 7) is 2.38. The van der Waals surface area contributed by atoms with Crippen molar-refractivity contribution in [3.05, 3.63) is 29.6 Å². The fraction of sp³-hybridized carbons (Fsp3) is 0.474. The van der Waals surface area contributed by atoms with E-state index in [-0.39, 0.29) is 5.69 Å². The highest BCUT2D eigenvalue weighted by Crippen LogP contribution is 2.34. The molecule has 150 valence electrons. The van der Waals surface area contributed by atoms with Crippen LogP contribution >= 0.6 is 0 Å². The summed E-state index contributed by atoms with van der Waals surface area (Å²) in [5.74, 6) is -2.43. The molecule has 0 aromatic heterocycles. The smallest absolute Gasteiger partial charge is 0.327 e. The van der Waals surface area contributed by atoms with Crippen molar-refractivity contribution >= 4 is 29.5 Å². The SMILES string of the molecule is Cc1ccc(NC(=O)[C@H](C)OC(=O)CN2C(=O)NC3(CCCC3)C2=O)cc1F. The van der Waals surface area contributed by atoms with E-state index in [9.17, 15) is 23.6 Å². The van der Waals surface area contributed by atoms with Crippen molar-refractivity contribution < 1.29 is 28.3 Å². The molecule has 3 rings (SSSR count). The lowest BCUT2D eigenvalue weighted by Gasteiger charge is -2.20. The summed E-state index contributed by atoms with van der Waals surface area (Å²) < 4.78 is 18.6. The van der Waals surface area contributed by atoms with Gasteiger partial charge in [-0.15, -0.1) is 0 Å². The first-order valence-electron chi connectivity index (χ1n) is 9.12. The predicted octanol–water partition coefficient (Wildman–Crippen LogP) is 1.87. The van der Waals surface area contributed by atoms with Gasteiger partial charge in [0.2, 0.25) is 0 Å². The monoisotopic (exact) mass is 391 g/mol. The third-order valence-corrected chi connectivity index (χ3v) is 5.11. The number of hydrogen-bond donors (Lipinski definition) is 2. The second-order valence-electron chi connectivity index (χ2n) is 7.20. The third-order valence-electron chi connectivity index (χ3n) is 5.11. The molecule has 4 amide bonds. The Labute approximate surface area is 161 Å². The van der Waals surface area contributed by atoms with Crippen LogP contribution in [0, 0.1) is 12.7 Å². The van der Waals surface area contributed by atoms with Crippen LogP contribution < -0.4 is 10.6 Å². The highest BCUT2D eigenvalue weighted by atomic mass is 19.1. The molecule has 1 saturated carbocycles. The highest BCUT2D eigenvalue weighted by molar-refractivity contribution is 6.09. The maximum atomic E-state index is 13.6. The molecule has 0 radical (unpaired) electrons. The van der Waals surface area contributed by atoms with Crippen LogP contribution in [0.2, 0.25) is 0 Å². The largest absolute Gasteiger partial charge is 0.451 e. The Morgan fingerprint density at radius 3 is 2.64 bits per heavy atom. The highest BCUT2D eigenvalue weighted by Gasteiger charge is 2.52. The number of esters is 1. The minimum atomic E-state index is -1.18. The van der Waals surface area contributed by atoms with Gasteiger partial charge in [-0.25, -0.2) is 9.18 Å².